The highest BCUT2D eigenvalue weighted by Crippen LogP contribution is 2.38. The smallest absolute Gasteiger partial charge is 0.328 e. The first-order valence-corrected chi connectivity index (χ1v) is 7.26. The van der Waals surface area contributed by atoms with Gasteiger partial charge in [-0.05, 0) is 12.8 Å². The Labute approximate surface area is 129 Å². The van der Waals surface area contributed by atoms with Crippen LogP contribution in [0, 0.1) is 11.3 Å². The van der Waals surface area contributed by atoms with Crippen LogP contribution in [0.3, 0.4) is 0 Å². The topological polar surface area (TPSA) is 156 Å². The van der Waals surface area contributed by atoms with E-state index in [2.05, 4.69) is 4.74 Å². The molecule has 0 aliphatic heterocycles. The van der Waals surface area contributed by atoms with Crippen LogP contribution in [-0.2, 0) is 23.9 Å². The first-order chi connectivity index (χ1) is 10.3. The lowest BCUT2D eigenvalue weighted by Crippen LogP contribution is -2.53. The van der Waals surface area contributed by atoms with Crippen molar-refractivity contribution in [1.82, 2.24) is 0 Å². The van der Waals surface area contributed by atoms with Gasteiger partial charge in [0.15, 0.2) is 11.6 Å². The Morgan fingerprint density at radius 3 is 1.95 bits per heavy atom. The van der Waals surface area contributed by atoms with Gasteiger partial charge in [0.05, 0.1) is 19.6 Å². The lowest BCUT2D eigenvalue weighted by molar-refractivity contribution is -0.173. The maximum absolute atomic E-state index is 12.4. The second kappa shape index (κ2) is 9.39. The van der Waals surface area contributed by atoms with Gasteiger partial charge in [0.2, 0.25) is 0 Å². The predicted molar refractivity (Wildman–Crippen MR) is 79.4 cm³/mol. The molecule has 0 heterocycles. The van der Waals surface area contributed by atoms with Crippen LogP contribution < -0.4 is 17.2 Å². The van der Waals surface area contributed by atoms with Gasteiger partial charge >= 0.3 is 11.9 Å². The quantitative estimate of drug-likeness (QED) is 0.338. The lowest BCUT2D eigenvalue weighted by Gasteiger charge is -2.35. The van der Waals surface area contributed by atoms with Crippen LogP contribution in [-0.4, -0.2) is 43.1 Å². The largest absolute Gasteiger partial charge is 0.391 e. The molecule has 0 bridgehead atoms. The van der Waals surface area contributed by atoms with E-state index in [0.717, 1.165) is 0 Å². The number of ketones is 2. The zero-order valence-electron chi connectivity index (χ0n) is 13.1. The van der Waals surface area contributed by atoms with Crippen molar-refractivity contribution in [2.75, 3.05) is 19.6 Å². The molecule has 0 saturated heterocycles. The third kappa shape index (κ3) is 4.19. The van der Waals surface area contributed by atoms with Crippen LogP contribution in [0.4, 0.5) is 0 Å². The third-order valence-corrected chi connectivity index (χ3v) is 3.74. The van der Waals surface area contributed by atoms with Gasteiger partial charge in [-0.1, -0.05) is 20.3 Å². The van der Waals surface area contributed by atoms with Crippen molar-refractivity contribution in [3.05, 3.63) is 0 Å². The fraction of sp³-hybridized carbons (Fsp3) is 0.714. The van der Waals surface area contributed by atoms with Gasteiger partial charge in [-0.15, -0.1) is 0 Å². The van der Waals surface area contributed by atoms with Crippen LogP contribution in [0.1, 0.15) is 33.1 Å². The molecule has 2 atom stereocenters. The fourth-order valence-electron chi connectivity index (χ4n) is 2.57. The Balaban J connectivity index is 5.93. The van der Waals surface area contributed by atoms with Crippen molar-refractivity contribution in [3.8, 4) is 0 Å². The molecule has 0 fully saturated rings. The summed E-state index contributed by atoms with van der Waals surface area (Å²) < 4.78 is 4.63. The number of hydrogen-bond acceptors (Lipinski definition) is 8. The van der Waals surface area contributed by atoms with Gasteiger partial charge in [0.25, 0.3) is 0 Å². The SMILES string of the molecule is CCCC(C(=O)CN)C(CC)(C(=O)CN)C(=O)OC(=O)CN. The molecule has 6 N–H and O–H groups in total. The summed E-state index contributed by atoms with van der Waals surface area (Å²) in [5.74, 6) is -4.11. The maximum atomic E-state index is 12.4. The van der Waals surface area contributed by atoms with Crippen molar-refractivity contribution in [1.29, 1.82) is 0 Å². The molecule has 0 saturated carbocycles. The van der Waals surface area contributed by atoms with Crippen LogP contribution in [0.2, 0.25) is 0 Å². The number of nitrogens with two attached hydrogens (primary N) is 3. The molecular weight excluding hydrogens is 290 g/mol. The Bertz CT molecular complexity index is 438. The number of ether oxygens (including phenoxy) is 1. The normalized spacial score (nSPS) is 14.8. The summed E-state index contributed by atoms with van der Waals surface area (Å²) in [6.45, 7) is 2.10. The van der Waals surface area contributed by atoms with Crippen molar-refractivity contribution in [3.63, 3.8) is 0 Å². The third-order valence-electron chi connectivity index (χ3n) is 3.74. The van der Waals surface area contributed by atoms with E-state index in [1.54, 1.807) is 13.8 Å². The molecule has 22 heavy (non-hydrogen) atoms. The Kier molecular flexibility index (Phi) is 8.69. The standard InChI is InChI=1S/C14H25N3O5/c1-3-5-9(10(18)6-15)14(4-2,11(19)7-16)13(21)22-12(20)8-17/h9H,3-8,15-17H2,1-2H3. The summed E-state index contributed by atoms with van der Waals surface area (Å²) in [4.78, 5) is 48.2. The number of hydrogen-bond donors (Lipinski definition) is 3. The van der Waals surface area contributed by atoms with Gasteiger partial charge < -0.3 is 21.9 Å². The van der Waals surface area contributed by atoms with Crippen LogP contribution in [0.5, 0.6) is 0 Å². The number of carbonyl (C=O) groups excluding carboxylic acids is 4. The zero-order chi connectivity index (χ0) is 17.3. The van der Waals surface area contributed by atoms with Crippen molar-refractivity contribution in [2.45, 2.75) is 33.1 Å². The molecule has 0 aromatic rings. The molecular formula is C14H25N3O5. The Morgan fingerprint density at radius 2 is 1.59 bits per heavy atom. The van der Waals surface area contributed by atoms with Crippen molar-refractivity contribution in [2.24, 2.45) is 28.5 Å². The molecule has 0 aliphatic carbocycles. The van der Waals surface area contributed by atoms with Gasteiger partial charge in [-0.2, -0.15) is 0 Å². The van der Waals surface area contributed by atoms with Gasteiger partial charge in [0.1, 0.15) is 5.41 Å². The van der Waals surface area contributed by atoms with E-state index in [0.29, 0.717) is 6.42 Å². The minimum absolute atomic E-state index is 0.0177. The zero-order valence-corrected chi connectivity index (χ0v) is 13.1. The summed E-state index contributed by atoms with van der Waals surface area (Å²) in [6.07, 6.45) is 0.797. The first kappa shape index (κ1) is 20.4. The summed E-state index contributed by atoms with van der Waals surface area (Å²) in [5, 5.41) is 0. The molecule has 0 amide bonds. The molecule has 0 radical (unpaired) electrons. The minimum atomic E-state index is -1.80. The fourth-order valence-corrected chi connectivity index (χ4v) is 2.57. The highest BCUT2D eigenvalue weighted by Gasteiger charge is 2.53. The van der Waals surface area contributed by atoms with E-state index in [4.69, 9.17) is 17.2 Å². The van der Waals surface area contributed by atoms with Crippen molar-refractivity contribution >= 4 is 23.5 Å². The van der Waals surface area contributed by atoms with Gasteiger partial charge in [-0.3, -0.25) is 19.2 Å². The Hall–Kier alpha value is -1.64. The predicted octanol–water partition coefficient (Wildman–Crippen LogP) is -1.12. The van der Waals surface area contributed by atoms with Crippen LogP contribution in [0.15, 0.2) is 0 Å². The average molecular weight is 315 g/mol. The van der Waals surface area contributed by atoms with Gasteiger partial charge in [0, 0.05) is 5.92 Å². The molecule has 8 heteroatoms. The molecule has 2 unspecified atom stereocenters. The lowest BCUT2D eigenvalue weighted by atomic mass is 9.66. The van der Waals surface area contributed by atoms with E-state index in [-0.39, 0.29) is 19.4 Å². The summed E-state index contributed by atoms with van der Waals surface area (Å²) >= 11 is 0. The summed E-state index contributed by atoms with van der Waals surface area (Å²) in [5.41, 5.74) is 14.1. The van der Waals surface area contributed by atoms with E-state index in [1.807, 2.05) is 0 Å². The molecule has 0 aromatic heterocycles. The number of Topliss-reactive ketones (excluding diaryl/α,β-unsaturated/α-hetero) is 2. The monoisotopic (exact) mass is 315 g/mol. The molecule has 126 valence electrons. The van der Waals surface area contributed by atoms with Crippen LogP contribution >= 0.6 is 0 Å². The van der Waals surface area contributed by atoms with Crippen LogP contribution in [0.25, 0.3) is 0 Å². The minimum Gasteiger partial charge on any atom is -0.391 e. The van der Waals surface area contributed by atoms with Gasteiger partial charge in [-0.25, -0.2) is 0 Å². The highest BCUT2D eigenvalue weighted by atomic mass is 16.6. The average Bonchev–Trinajstić information content (AvgIpc) is 2.53. The molecule has 0 rings (SSSR count). The van der Waals surface area contributed by atoms with E-state index in [9.17, 15) is 19.2 Å². The van der Waals surface area contributed by atoms with E-state index >= 15 is 0 Å². The molecule has 8 nitrogen and oxygen atoms in total. The number of rotatable bonds is 10. The molecule has 0 aliphatic rings. The highest BCUT2D eigenvalue weighted by molar-refractivity contribution is 6.10. The second-order valence-corrected chi connectivity index (χ2v) is 4.93. The summed E-state index contributed by atoms with van der Waals surface area (Å²) in [7, 11) is 0. The number of carbonyl (C=O) groups is 4. The van der Waals surface area contributed by atoms with Crippen molar-refractivity contribution < 1.29 is 23.9 Å². The molecule has 0 spiro atoms. The van der Waals surface area contributed by atoms with E-state index in [1.165, 1.54) is 0 Å². The maximum Gasteiger partial charge on any atom is 0.328 e. The molecule has 0 aromatic carbocycles. The Morgan fingerprint density at radius 1 is 1.00 bits per heavy atom. The number of esters is 2. The first-order valence-electron chi connectivity index (χ1n) is 7.26. The summed E-state index contributed by atoms with van der Waals surface area (Å²) in [6, 6.07) is 0. The van der Waals surface area contributed by atoms with E-state index < -0.39 is 47.9 Å². The second-order valence-electron chi connectivity index (χ2n) is 4.93.